The molecule has 28 heavy (non-hydrogen) atoms. The standard InChI is InChI=1S/C17H15N9O2/c1-9-13(3-10(4-20-9)16(27)28)23-14-12-7-21-17(24-15(12)26(2)25-14)22-11-5-18-8-19-6-11/h3-8H,1-2H3,(H,23,25)(H,27,28)(H,21,22,24). The molecule has 0 unspecified atom stereocenters. The Morgan fingerprint density at radius 3 is 2.64 bits per heavy atom. The maximum atomic E-state index is 11.2. The molecule has 0 aliphatic carbocycles. The first-order valence-corrected chi connectivity index (χ1v) is 8.20. The van der Waals surface area contributed by atoms with E-state index in [2.05, 4.69) is 40.7 Å². The molecular weight excluding hydrogens is 362 g/mol. The van der Waals surface area contributed by atoms with Gasteiger partial charge in [0.1, 0.15) is 6.33 Å². The van der Waals surface area contributed by atoms with E-state index in [9.17, 15) is 9.90 Å². The van der Waals surface area contributed by atoms with Crippen LogP contribution >= 0.6 is 0 Å². The van der Waals surface area contributed by atoms with Crippen molar-refractivity contribution in [2.75, 3.05) is 10.6 Å². The molecule has 0 aromatic carbocycles. The molecule has 0 aliphatic rings. The van der Waals surface area contributed by atoms with Crippen molar-refractivity contribution >= 4 is 40.1 Å². The van der Waals surface area contributed by atoms with E-state index in [-0.39, 0.29) is 5.56 Å². The Morgan fingerprint density at radius 1 is 1.11 bits per heavy atom. The second-order valence-corrected chi connectivity index (χ2v) is 5.94. The van der Waals surface area contributed by atoms with Gasteiger partial charge in [-0.05, 0) is 13.0 Å². The average Bonchev–Trinajstić information content (AvgIpc) is 2.99. The summed E-state index contributed by atoms with van der Waals surface area (Å²) in [7, 11) is 1.76. The highest BCUT2D eigenvalue weighted by Crippen LogP contribution is 2.26. The minimum Gasteiger partial charge on any atom is -0.478 e. The zero-order valence-electron chi connectivity index (χ0n) is 15.0. The van der Waals surface area contributed by atoms with Gasteiger partial charge in [-0.1, -0.05) is 0 Å². The Bertz CT molecular complexity index is 1170. The lowest BCUT2D eigenvalue weighted by Gasteiger charge is -2.08. The van der Waals surface area contributed by atoms with Gasteiger partial charge in [0.25, 0.3) is 0 Å². The molecule has 0 amide bonds. The van der Waals surface area contributed by atoms with Gasteiger partial charge in [-0.25, -0.2) is 24.4 Å². The summed E-state index contributed by atoms with van der Waals surface area (Å²) in [5.74, 6) is -0.174. The molecule has 0 bridgehead atoms. The Hall–Kier alpha value is -4.15. The van der Waals surface area contributed by atoms with Gasteiger partial charge >= 0.3 is 5.97 Å². The molecule has 0 saturated heterocycles. The molecule has 0 fully saturated rings. The maximum Gasteiger partial charge on any atom is 0.337 e. The average molecular weight is 377 g/mol. The number of pyridine rings is 1. The van der Waals surface area contributed by atoms with E-state index in [4.69, 9.17) is 0 Å². The molecule has 0 saturated carbocycles. The fraction of sp³-hybridized carbons (Fsp3) is 0.118. The normalized spacial score (nSPS) is 10.8. The molecule has 0 spiro atoms. The number of hydrogen-bond acceptors (Lipinski definition) is 9. The number of hydrogen-bond donors (Lipinski definition) is 3. The summed E-state index contributed by atoms with van der Waals surface area (Å²) in [4.78, 5) is 32.0. The molecule has 0 radical (unpaired) electrons. The quantitative estimate of drug-likeness (QED) is 0.472. The van der Waals surface area contributed by atoms with Gasteiger partial charge in [0.15, 0.2) is 11.5 Å². The lowest BCUT2D eigenvalue weighted by atomic mass is 10.2. The van der Waals surface area contributed by atoms with E-state index in [0.29, 0.717) is 39.9 Å². The molecule has 4 heterocycles. The Kier molecular flexibility index (Phi) is 4.24. The van der Waals surface area contributed by atoms with E-state index < -0.39 is 5.97 Å². The first kappa shape index (κ1) is 17.3. The van der Waals surface area contributed by atoms with Crippen LogP contribution in [0.4, 0.5) is 23.1 Å². The van der Waals surface area contributed by atoms with Crippen molar-refractivity contribution in [2.24, 2.45) is 7.05 Å². The van der Waals surface area contributed by atoms with Crippen LogP contribution < -0.4 is 10.6 Å². The minimum atomic E-state index is -1.05. The van der Waals surface area contributed by atoms with Crippen molar-refractivity contribution in [3.63, 3.8) is 0 Å². The predicted molar refractivity (Wildman–Crippen MR) is 101 cm³/mol. The first-order valence-electron chi connectivity index (χ1n) is 8.20. The van der Waals surface area contributed by atoms with Crippen molar-refractivity contribution in [1.82, 2.24) is 34.7 Å². The summed E-state index contributed by atoms with van der Waals surface area (Å²) in [5, 5.41) is 20.4. The second kappa shape index (κ2) is 6.87. The topological polar surface area (TPSA) is 144 Å². The highest BCUT2D eigenvalue weighted by molar-refractivity contribution is 5.92. The maximum absolute atomic E-state index is 11.2. The molecule has 140 valence electrons. The van der Waals surface area contributed by atoms with Gasteiger partial charge in [0, 0.05) is 19.4 Å². The number of nitrogens with zero attached hydrogens (tertiary/aromatic N) is 7. The lowest BCUT2D eigenvalue weighted by Crippen LogP contribution is -2.02. The Morgan fingerprint density at radius 2 is 1.89 bits per heavy atom. The van der Waals surface area contributed by atoms with Gasteiger partial charge in [0.2, 0.25) is 5.95 Å². The minimum absolute atomic E-state index is 0.0844. The highest BCUT2D eigenvalue weighted by atomic mass is 16.4. The fourth-order valence-electron chi connectivity index (χ4n) is 2.59. The van der Waals surface area contributed by atoms with Gasteiger partial charge < -0.3 is 15.7 Å². The fourth-order valence-corrected chi connectivity index (χ4v) is 2.59. The molecule has 4 rings (SSSR count). The third kappa shape index (κ3) is 3.28. The number of fused-ring (bicyclic) bond motifs is 1. The number of aryl methyl sites for hydroxylation is 2. The van der Waals surface area contributed by atoms with Crippen LogP contribution in [0.15, 0.2) is 37.2 Å². The van der Waals surface area contributed by atoms with Crippen LogP contribution in [-0.2, 0) is 7.05 Å². The van der Waals surface area contributed by atoms with Gasteiger partial charge in [0.05, 0.1) is 40.4 Å². The van der Waals surface area contributed by atoms with Gasteiger partial charge in [-0.3, -0.25) is 4.98 Å². The number of carbonyl (C=O) groups is 1. The third-order valence-corrected chi connectivity index (χ3v) is 3.98. The predicted octanol–water partition coefficient (Wildman–Crippen LogP) is 2.04. The molecule has 0 atom stereocenters. The molecule has 11 nitrogen and oxygen atoms in total. The molecular formula is C17H15N9O2. The zero-order valence-corrected chi connectivity index (χ0v) is 15.0. The van der Waals surface area contributed by atoms with Crippen LogP contribution in [0.25, 0.3) is 11.0 Å². The molecule has 4 aromatic rings. The van der Waals surface area contributed by atoms with Crippen molar-refractivity contribution in [3.05, 3.63) is 48.4 Å². The van der Waals surface area contributed by atoms with E-state index in [0.717, 1.165) is 0 Å². The highest BCUT2D eigenvalue weighted by Gasteiger charge is 2.14. The summed E-state index contributed by atoms with van der Waals surface area (Å²) in [6.45, 7) is 1.78. The van der Waals surface area contributed by atoms with Gasteiger partial charge in [-0.2, -0.15) is 10.1 Å². The number of anilines is 4. The first-order chi connectivity index (χ1) is 13.5. The van der Waals surface area contributed by atoms with Crippen molar-refractivity contribution < 1.29 is 9.90 Å². The van der Waals surface area contributed by atoms with Crippen LogP contribution in [-0.4, -0.2) is 45.8 Å². The summed E-state index contributed by atoms with van der Waals surface area (Å²) in [6.07, 6.45) is 7.61. The Balaban J connectivity index is 1.68. The third-order valence-electron chi connectivity index (χ3n) is 3.98. The van der Waals surface area contributed by atoms with Crippen LogP contribution in [0.3, 0.4) is 0 Å². The van der Waals surface area contributed by atoms with Crippen LogP contribution in [0, 0.1) is 6.92 Å². The largest absolute Gasteiger partial charge is 0.478 e. The summed E-state index contributed by atoms with van der Waals surface area (Å²) in [6, 6.07) is 1.51. The van der Waals surface area contributed by atoms with Crippen molar-refractivity contribution in [3.8, 4) is 0 Å². The molecule has 11 heteroatoms. The Labute approximate surface area is 158 Å². The number of nitrogens with one attached hydrogen (secondary N) is 2. The van der Waals surface area contributed by atoms with E-state index >= 15 is 0 Å². The van der Waals surface area contributed by atoms with E-state index in [1.165, 1.54) is 18.6 Å². The van der Waals surface area contributed by atoms with Crippen molar-refractivity contribution in [2.45, 2.75) is 6.92 Å². The molecule has 0 aliphatic heterocycles. The van der Waals surface area contributed by atoms with E-state index in [1.807, 2.05) is 0 Å². The second-order valence-electron chi connectivity index (χ2n) is 5.94. The van der Waals surface area contributed by atoms with Gasteiger partial charge in [-0.15, -0.1) is 0 Å². The SMILES string of the molecule is Cc1ncc(C(=O)O)cc1Nc1nn(C)c2nc(Nc3cncnc3)ncc12. The summed E-state index contributed by atoms with van der Waals surface area (Å²) >= 11 is 0. The molecule has 3 N–H and O–H groups in total. The van der Waals surface area contributed by atoms with E-state index in [1.54, 1.807) is 37.2 Å². The lowest BCUT2D eigenvalue weighted by molar-refractivity contribution is 0.0696. The number of rotatable bonds is 5. The zero-order chi connectivity index (χ0) is 19.7. The number of carboxylic acids is 1. The molecule has 4 aromatic heterocycles. The monoisotopic (exact) mass is 377 g/mol. The van der Waals surface area contributed by atoms with Crippen LogP contribution in [0.2, 0.25) is 0 Å². The number of carboxylic acid groups (broad SMARTS) is 1. The van der Waals surface area contributed by atoms with Crippen LogP contribution in [0.1, 0.15) is 16.1 Å². The number of aromatic carboxylic acids is 1. The summed E-state index contributed by atoms with van der Waals surface area (Å²) in [5.41, 5.74) is 2.53. The summed E-state index contributed by atoms with van der Waals surface area (Å²) < 4.78 is 1.61. The van der Waals surface area contributed by atoms with Crippen molar-refractivity contribution in [1.29, 1.82) is 0 Å². The number of aromatic nitrogens is 7. The van der Waals surface area contributed by atoms with Crippen LogP contribution in [0.5, 0.6) is 0 Å². The smallest absolute Gasteiger partial charge is 0.337 e.